The molecule has 1 saturated carbocycles. The Kier molecular flexibility index (Phi) is 6.76. The molecule has 0 bridgehead atoms. The fourth-order valence-corrected chi connectivity index (χ4v) is 2.82. The van der Waals surface area contributed by atoms with E-state index < -0.39 is 0 Å². The molecule has 2 atom stereocenters. The van der Waals surface area contributed by atoms with Gasteiger partial charge in [-0.1, -0.05) is 6.92 Å². The van der Waals surface area contributed by atoms with Crippen LogP contribution in [0.1, 0.15) is 32.6 Å². The van der Waals surface area contributed by atoms with Gasteiger partial charge in [-0.2, -0.15) is 0 Å². The Morgan fingerprint density at radius 1 is 1.35 bits per heavy atom. The molecule has 1 aliphatic heterocycles. The lowest BCUT2D eigenvalue weighted by Gasteiger charge is -2.33. The van der Waals surface area contributed by atoms with Crippen LogP contribution in [-0.2, 0) is 9.59 Å². The van der Waals surface area contributed by atoms with Crippen LogP contribution in [0, 0.1) is 17.8 Å². The van der Waals surface area contributed by atoms with Gasteiger partial charge in [-0.3, -0.25) is 9.59 Å². The maximum Gasteiger partial charge on any atom is 0.225 e. The van der Waals surface area contributed by atoms with Crippen molar-refractivity contribution in [1.82, 2.24) is 10.2 Å². The van der Waals surface area contributed by atoms with Crippen LogP contribution in [0.15, 0.2) is 0 Å². The molecule has 0 aromatic rings. The second kappa shape index (κ2) is 7.84. The standard InChI is InChI=1S/C14H25N3O2.ClH/c1-10(11-4-5-11)14(19)17-8-2-3-12(9-17)13(18)16-7-6-15;/h10-12H,2-9,15H2,1H3,(H,16,18);1H. The lowest BCUT2D eigenvalue weighted by atomic mass is 9.95. The normalized spacial score (nSPS) is 23.7. The predicted octanol–water partition coefficient (Wildman–Crippen LogP) is 0.768. The molecule has 2 aliphatic rings. The van der Waals surface area contributed by atoms with Gasteiger partial charge in [-0.15, -0.1) is 12.4 Å². The minimum Gasteiger partial charge on any atom is -0.355 e. The number of hydrogen-bond donors (Lipinski definition) is 2. The Bertz CT molecular complexity index is 347. The van der Waals surface area contributed by atoms with Gasteiger partial charge in [0.05, 0.1) is 5.92 Å². The van der Waals surface area contributed by atoms with Crippen molar-refractivity contribution in [2.75, 3.05) is 26.2 Å². The van der Waals surface area contributed by atoms with Crippen LogP contribution in [0.25, 0.3) is 0 Å². The number of nitrogens with two attached hydrogens (primary N) is 1. The van der Waals surface area contributed by atoms with E-state index in [1.807, 2.05) is 11.8 Å². The summed E-state index contributed by atoms with van der Waals surface area (Å²) in [5, 5.41) is 2.82. The number of piperidine rings is 1. The lowest BCUT2D eigenvalue weighted by molar-refractivity contribution is -0.139. The van der Waals surface area contributed by atoms with Gasteiger partial charge in [0.15, 0.2) is 0 Å². The summed E-state index contributed by atoms with van der Waals surface area (Å²) in [4.78, 5) is 26.2. The molecule has 0 aromatic heterocycles. The zero-order chi connectivity index (χ0) is 13.8. The Morgan fingerprint density at radius 2 is 2.05 bits per heavy atom. The van der Waals surface area contributed by atoms with Gasteiger partial charge in [-0.05, 0) is 31.6 Å². The molecule has 0 aromatic carbocycles. The van der Waals surface area contributed by atoms with Gasteiger partial charge in [0.2, 0.25) is 11.8 Å². The maximum absolute atomic E-state index is 12.3. The molecule has 2 unspecified atom stereocenters. The molecule has 1 saturated heterocycles. The molecule has 0 radical (unpaired) electrons. The summed E-state index contributed by atoms with van der Waals surface area (Å²) in [5.74, 6) is 0.932. The molecule has 2 rings (SSSR count). The molecule has 2 fully saturated rings. The molecule has 6 heteroatoms. The summed E-state index contributed by atoms with van der Waals surface area (Å²) in [6.45, 7) is 4.38. The smallest absolute Gasteiger partial charge is 0.225 e. The van der Waals surface area contributed by atoms with E-state index in [1.165, 1.54) is 12.8 Å². The first-order valence-electron chi connectivity index (χ1n) is 7.40. The molecule has 2 amide bonds. The number of rotatable bonds is 5. The zero-order valence-corrected chi connectivity index (χ0v) is 13.0. The van der Waals surface area contributed by atoms with Crippen LogP contribution >= 0.6 is 12.4 Å². The van der Waals surface area contributed by atoms with E-state index in [4.69, 9.17) is 5.73 Å². The number of halogens is 1. The third-order valence-electron chi connectivity index (χ3n) is 4.27. The fraction of sp³-hybridized carbons (Fsp3) is 0.857. The van der Waals surface area contributed by atoms with Crippen molar-refractivity contribution >= 4 is 24.2 Å². The minimum absolute atomic E-state index is 0. The summed E-state index contributed by atoms with van der Waals surface area (Å²) in [5.41, 5.74) is 5.38. The summed E-state index contributed by atoms with van der Waals surface area (Å²) in [6.07, 6.45) is 4.16. The van der Waals surface area contributed by atoms with Crippen LogP contribution in [0.3, 0.4) is 0 Å². The van der Waals surface area contributed by atoms with Gasteiger partial charge < -0.3 is 16.0 Å². The number of nitrogens with zero attached hydrogens (tertiary/aromatic N) is 1. The van der Waals surface area contributed by atoms with Crippen LogP contribution in [0.4, 0.5) is 0 Å². The largest absolute Gasteiger partial charge is 0.355 e. The summed E-state index contributed by atoms with van der Waals surface area (Å²) < 4.78 is 0. The Morgan fingerprint density at radius 3 is 2.65 bits per heavy atom. The first-order valence-corrected chi connectivity index (χ1v) is 7.40. The van der Waals surface area contributed by atoms with Crippen molar-refractivity contribution in [3.8, 4) is 0 Å². The molecule has 1 heterocycles. The van der Waals surface area contributed by atoms with E-state index in [9.17, 15) is 9.59 Å². The summed E-state index contributed by atoms with van der Waals surface area (Å²) >= 11 is 0. The number of amides is 2. The third kappa shape index (κ3) is 4.35. The second-order valence-corrected chi connectivity index (χ2v) is 5.83. The van der Waals surface area contributed by atoms with Crippen molar-refractivity contribution in [3.05, 3.63) is 0 Å². The Labute approximate surface area is 127 Å². The number of nitrogens with one attached hydrogen (secondary N) is 1. The van der Waals surface area contributed by atoms with Crippen LogP contribution in [0.2, 0.25) is 0 Å². The van der Waals surface area contributed by atoms with Gasteiger partial charge in [0, 0.05) is 32.1 Å². The van der Waals surface area contributed by atoms with Crippen molar-refractivity contribution in [3.63, 3.8) is 0 Å². The van der Waals surface area contributed by atoms with Gasteiger partial charge in [0.25, 0.3) is 0 Å². The third-order valence-corrected chi connectivity index (χ3v) is 4.27. The molecule has 20 heavy (non-hydrogen) atoms. The molecule has 5 nitrogen and oxygen atoms in total. The van der Waals surface area contributed by atoms with Crippen molar-refractivity contribution < 1.29 is 9.59 Å². The van der Waals surface area contributed by atoms with Gasteiger partial charge in [-0.25, -0.2) is 0 Å². The minimum atomic E-state index is -0.0596. The van der Waals surface area contributed by atoms with Crippen molar-refractivity contribution in [2.45, 2.75) is 32.6 Å². The van der Waals surface area contributed by atoms with Crippen LogP contribution < -0.4 is 11.1 Å². The van der Waals surface area contributed by atoms with Crippen LogP contribution in [-0.4, -0.2) is 42.9 Å². The van der Waals surface area contributed by atoms with E-state index in [2.05, 4.69) is 5.32 Å². The highest BCUT2D eigenvalue weighted by Crippen LogP contribution is 2.37. The average Bonchev–Trinajstić information content (AvgIpc) is 3.27. The topological polar surface area (TPSA) is 75.4 Å². The number of hydrogen-bond acceptors (Lipinski definition) is 3. The average molecular weight is 304 g/mol. The number of carbonyl (C=O) groups is 2. The van der Waals surface area contributed by atoms with E-state index >= 15 is 0 Å². The fourth-order valence-electron chi connectivity index (χ4n) is 2.82. The van der Waals surface area contributed by atoms with E-state index in [1.54, 1.807) is 0 Å². The van der Waals surface area contributed by atoms with Gasteiger partial charge >= 0.3 is 0 Å². The number of likely N-dealkylation sites (tertiary alicyclic amines) is 1. The SMILES string of the molecule is CC(C(=O)N1CCCC(C(=O)NCCN)C1)C1CC1.Cl. The van der Waals surface area contributed by atoms with Crippen molar-refractivity contribution in [2.24, 2.45) is 23.5 Å². The number of carbonyl (C=O) groups excluding carboxylic acids is 2. The summed E-state index contributed by atoms with van der Waals surface area (Å²) in [7, 11) is 0. The van der Waals surface area contributed by atoms with Crippen molar-refractivity contribution in [1.29, 1.82) is 0 Å². The molecular formula is C14H26ClN3O2. The van der Waals surface area contributed by atoms with E-state index in [-0.39, 0.29) is 36.1 Å². The van der Waals surface area contributed by atoms with Crippen LogP contribution in [0.5, 0.6) is 0 Å². The highest BCUT2D eigenvalue weighted by atomic mass is 35.5. The quantitative estimate of drug-likeness (QED) is 0.787. The molecule has 0 spiro atoms. The summed E-state index contributed by atoms with van der Waals surface area (Å²) in [6, 6.07) is 0. The highest BCUT2D eigenvalue weighted by Gasteiger charge is 2.37. The monoisotopic (exact) mass is 303 g/mol. The maximum atomic E-state index is 12.3. The zero-order valence-electron chi connectivity index (χ0n) is 12.1. The van der Waals surface area contributed by atoms with E-state index in [0.29, 0.717) is 25.6 Å². The predicted molar refractivity (Wildman–Crippen MR) is 80.5 cm³/mol. The Hall–Kier alpha value is -0.810. The van der Waals surface area contributed by atoms with Gasteiger partial charge in [0.1, 0.15) is 0 Å². The highest BCUT2D eigenvalue weighted by molar-refractivity contribution is 5.85. The molecule has 1 aliphatic carbocycles. The molecule has 116 valence electrons. The molecular weight excluding hydrogens is 278 g/mol. The second-order valence-electron chi connectivity index (χ2n) is 5.83. The first-order chi connectivity index (χ1) is 9.13. The Balaban J connectivity index is 0.00000200. The first kappa shape index (κ1) is 17.2. The molecule has 3 N–H and O–H groups in total. The van der Waals surface area contributed by atoms with E-state index in [0.717, 1.165) is 19.4 Å². The lowest BCUT2D eigenvalue weighted by Crippen LogP contribution is -2.47.